The minimum absolute atomic E-state index is 0.0400. The Bertz CT molecular complexity index is 1550. The van der Waals surface area contributed by atoms with Gasteiger partial charge in [-0.15, -0.1) is 0 Å². The van der Waals surface area contributed by atoms with E-state index in [0.29, 0.717) is 10.6 Å². The predicted molar refractivity (Wildman–Crippen MR) is 115 cm³/mol. The SMILES string of the molecule is [2H]C1([2H])N(c2cc(C(=O)Nc3cc4cc(-c5cncn5C)ncc4cn3)ccn2)C([2H])([2H])C([2H])([2H])C1([2H])[2H]. The van der Waals surface area contributed by atoms with E-state index < -0.39 is 37.5 Å². The van der Waals surface area contributed by atoms with Gasteiger partial charge in [-0.3, -0.25) is 9.78 Å². The van der Waals surface area contributed by atoms with Crippen LogP contribution in [0.2, 0.25) is 0 Å². The Hall–Kier alpha value is -3.81. The molecule has 8 heteroatoms. The van der Waals surface area contributed by atoms with Gasteiger partial charge in [-0.05, 0) is 42.4 Å². The van der Waals surface area contributed by atoms with E-state index in [2.05, 4.69) is 25.3 Å². The van der Waals surface area contributed by atoms with Crippen LogP contribution in [0.3, 0.4) is 0 Å². The molecule has 0 aromatic carbocycles. The summed E-state index contributed by atoms with van der Waals surface area (Å²) in [6, 6.07) is 5.87. The number of imidazole rings is 1. The van der Waals surface area contributed by atoms with Gasteiger partial charge in [-0.1, -0.05) is 0 Å². The van der Waals surface area contributed by atoms with Crippen molar-refractivity contribution < 1.29 is 15.8 Å². The summed E-state index contributed by atoms with van der Waals surface area (Å²) in [4.78, 5) is 30.0. The molecular formula is C22H21N7O. The van der Waals surface area contributed by atoms with E-state index in [1.807, 2.05) is 17.7 Å². The second kappa shape index (κ2) is 7.55. The Kier molecular flexibility index (Phi) is 2.87. The molecule has 8 nitrogen and oxygen atoms in total. The Morgan fingerprint density at radius 2 is 1.90 bits per heavy atom. The zero-order chi connectivity index (χ0) is 27.7. The fourth-order valence-electron chi connectivity index (χ4n) is 3.03. The van der Waals surface area contributed by atoms with Crippen LogP contribution in [0.25, 0.3) is 22.2 Å². The lowest BCUT2D eigenvalue weighted by atomic mass is 10.1. The maximum atomic E-state index is 13.0. The minimum Gasteiger partial charge on any atom is -0.357 e. The van der Waals surface area contributed by atoms with Crippen LogP contribution in [-0.2, 0) is 7.05 Å². The van der Waals surface area contributed by atoms with Gasteiger partial charge < -0.3 is 14.8 Å². The van der Waals surface area contributed by atoms with Crippen molar-refractivity contribution in [1.29, 1.82) is 0 Å². The van der Waals surface area contributed by atoms with Gasteiger partial charge in [0.05, 0.1) is 23.9 Å². The van der Waals surface area contributed by atoms with Gasteiger partial charge >= 0.3 is 0 Å². The van der Waals surface area contributed by atoms with Crippen LogP contribution in [0.5, 0.6) is 0 Å². The number of nitrogens with zero attached hydrogens (tertiary/aromatic N) is 6. The largest absolute Gasteiger partial charge is 0.357 e. The molecule has 0 unspecified atom stereocenters. The molecule has 1 amide bonds. The van der Waals surface area contributed by atoms with Crippen molar-refractivity contribution in [1.82, 2.24) is 24.5 Å². The van der Waals surface area contributed by atoms with Gasteiger partial charge in [0.25, 0.3) is 5.91 Å². The van der Waals surface area contributed by atoms with Crippen molar-refractivity contribution in [3.8, 4) is 11.4 Å². The van der Waals surface area contributed by atoms with Crippen LogP contribution in [0.1, 0.15) is 34.1 Å². The zero-order valence-corrected chi connectivity index (χ0v) is 15.8. The Morgan fingerprint density at radius 3 is 2.70 bits per heavy atom. The van der Waals surface area contributed by atoms with Gasteiger partial charge in [0.2, 0.25) is 0 Å². The maximum absolute atomic E-state index is 13.0. The summed E-state index contributed by atoms with van der Waals surface area (Å²) >= 11 is 0. The van der Waals surface area contributed by atoms with Gasteiger partial charge in [0.1, 0.15) is 11.6 Å². The molecule has 0 saturated carbocycles. The number of hydrogen-bond donors (Lipinski definition) is 1. The average Bonchev–Trinajstić information content (AvgIpc) is 3.31. The van der Waals surface area contributed by atoms with Crippen LogP contribution in [0, 0.1) is 0 Å². The van der Waals surface area contributed by atoms with Crippen LogP contribution < -0.4 is 10.2 Å². The highest BCUT2D eigenvalue weighted by Crippen LogP contribution is 2.23. The highest BCUT2D eigenvalue weighted by Gasteiger charge is 2.16. The molecule has 4 aromatic rings. The lowest BCUT2D eigenvalue weighted by Gasteiger charge is -2.16. The molecule has 4 aromatic heterocycles. The molecule has 30 heavy (non-hydrogen) atoms. The van der Waals surface area contributed by atoms with Crippen LogP contribution >= 0.6 is 0 Å². The number of aromatic nitrogens is 5. The van der Waals surface area contributed by atoms with E-state index in [1.165, 1.54) is 6.07 Å². The summed E-state index contributed by atoms with van der Waals surface area (Å²) in [7, 11) is 1.84. The second-order valence-corrected chi connectivity index (χ2v) is 6.54. The molecule has 0 bridgehead atoms. The summed E-state index contributed by atoms with van der Waals surface area (Å²) in [6.07, 6.45) is 1.23. The number of hydrogen-bond acceptors (Lipinski definition) is 6. The first kappa shape index (κ1) is 11.4. The van der Waals surface area contributed by atoms with E-state index in [0.717, 1.165) is 28.7 Å². The molecule has 150 valence electrons. The fraction of sp³-hybridized carbons (Fsp3) is 0.227. The van der Waals surface area contributed by atoms with Crippen LogP contribution in [0.4, 0.5) is 11.6 Å². The first-order valence-electron chi connectivity index (χ1n) is 13.0. The third-order valence-corrected chi connectivity index (χ3v) is 4.56. The number of anilines is 2. The van der Waals surface area contributed by atoms with E-state index in [4.69, 9.17) is 11.0 Å². The Labute approximate surface area is 184 Å². The van der Waals surface area contributed by atoms with Crippen LogP contribution in [0.15, 0.2) is 55.4 Å². The highest BCUT2D eigenvalue weighted by atomic mass is 16.1. The Balaban J connectivity index is 1.45. The first-order chi connectivity index (χ1) is 17.7. The van der Waals surface area contributed by atoms with Crippen LogP contribution in [-0.4, -0.2) is 43.4 Å². The second-order valence-electron chi connectivity index (χ2n) is 6.54. The number of pyridine rings is 3. The number of carbonyl (C=O) groups is 1. The number of carbonyl (C=O) groups excluding carboxylic acids is 1. The topological polar surface area (TPSA) is 88.8 Å². The standard InChI is InChI=1S/C22H21N7O/c1-28-14-23-13-19(28)18-8-16-9-20(26-12-17(16)11-25-18)27-22(30)15-4-5-24-21(10-15)29-6-2-3-7-29/h4-5,8-14H,2-3,6-7H2,1H3,(H,26,27,30)/i2D2,3D2,6D2,7D2. The smallest absolute Gasteiger partial charge is 0.257 e. The Morgan fingerprint density at radius 1 is 1.07 bits per heavy atom. The molecule has 0 radical (unpaired) electrons. The first-order valence-corrected chi connectivity index (χ1v) is 8.99. The third-order valence-electron chi connectivity index (χ3n) is 4.56. The molecular weight excluding hydrogens is 378 g/mol. The molecule has 1 saturated heterocycles. The highest BCUT2D eigenvalue weighted by molar-refractivity contribution is 6.05. The summed E-state index contributed by atoms with van der Waals surface area (Å²) in [5.41, 5.74) is 1.43. The normalized spacial score (nSPS) is 24.4. The number of amides is 1. The third kappa shape index (κ3) is 3.47. The summed E-state index contributed by atoms with van der Waals surface area (Å²) in [5.74, 6) is -0.883. The van der Waals surface area contributed by atoms with Crippen molar-refractivity contribution in [2.75, 3.05) is 23.2 Å². The average molecular weight is 408 g/mol. The van der Waals surface area contributed by atoms with E-state index in [9.17, 15) is 4.79 Å². The summed E-state index contributed by atoms with van der Waals surface area (Å²) in [5, 5.41) is 4.13. The van der Waals surface area contributed by atoms with Crippen molar-refractivity contribution >= 4 is 28.3 Å². The van der Waals surface area contributed by atoms with Gasteiger partial charge in [-0.25, -0.2) is 15.0 Å². The lowest BCUT2D eigenvalue weighted by Crippen LogP contribution is -2.20. The molecule has 1 N–H and O–H groups in total. The van der Waals surface area contributed by atoms with Crippen molar-refractivity contribution in [2.24, 2.45) is 7.05 Å². The molecule has 5 heterocycles. The number of fused-ring (bicyclic) bond motifs is 1. The molecule has 5 rings (SSSR count). The molecule has 1 aliphatic rings. The maximum Gasteiger partial charge on any atom is 0.257 e. The minimum atomic E-state index is -3.22. The van der Waals surface area contributed by atoms with Gasteiger partial charge in [0.15, 0.2) is 0 Å². The number of aryl methyl sites for hydroxylation is 1. The number of nitrogens with one attached hydrogen (secondary N) is 1. The molecule has 0 spiro atoms. The lowest BCUT2D eigenvalue weighted by molar-refractivity contribution is 0.102. The summed E-state index contributed by atoms with van der Waals surface area (Å²) < 4.78 is 66.4. The molecule has 0 aliphatic carbocycles. The van der Waals surface area contributed by atoms with Gasteiger partial charge in [0, 0.05) is 60.5 Å². The molecule has 1 fully saturated rings. The molecule has 1 aliphatic heterocycles. The fourth-order valence-corrected chi connectivity index (χ4v) is 3.03. The summed E-state index contributed by atoms with van der Waals surface area (Å²) in [6.45, 7) is -6.22. The van der Waals surface area contributed by atoms with E-state index >= 15 is 0 Å². The van der Waals surface area contributed by atoms with E-state index in [1.54, 1.807) is 31.0 Å². The molecule has 0 atom stereocenters. The number of rotatable bonds is 4. The predicted octanol–water partition coefficient (Wildman–Crippen LogP) is 3.28. The van der Waals surface area contributed by atoms with E-state index in [-0.39, 0.29) is 11.4 Å². The van der Waals surface area contributed by atoms with Crippen molar-refractivity contribution in [3.05, 3.63) is 60.9 Å². The quantitative estimate of drug-likeness (QED) is 0.558. The zero-order valence-electron chi connectivity index (χ0n) is 23.8. The van der Waals surface area contributed by atoms with Gasteiger partial charge in [-0.2, -0.15) is 0 Å². The monoisotopic (exact) mass is 407 g/mol. The van der Waals surface area contributed by atoms with Crippen molar-refractivity contribution in [2.45, 2.75) is 12.7 Å². The van der Waals surface area contributed by atoms with Crippen molar-refractivity contribution in [3.63, 3.8) is 0 Å².